The van der Waals surface area contributed by atoms with Gasteiger partial charge in [-0.25, -0.2) is 9.78 Å². The van der Waals surface area contributed by atoms with Gasteiger partial charge in [-0.05, 0) is 54.4 Å². The third-order valence-corrected chi connectivity index (χ3v) is 5.65. The summed E-state index contributed by atoms with van der Waals surface area (Å²) in [5.41, 5.74) is 1.40. The molecule has 168 valence electrons. The molecule has 8 nitrogen and oxygen atoms in total. The number of ether oxygens (including phenoxy) is 1. The van der Waals surface area contributed by atoms with Gasteiger partial charge < -0.3 is 10.1 Å². The maximum atomic E-state index is 13.3. The molecule has 1 amide bonds. The molecular formula is C24H21ClN4O4. The Morgan fingerprint density at radius 2 is 1.85 bits per heavy atom. The highest BCUT2D eigenvalue weighted by molar-refractivity contribution is 6.31. The molecule has 4 aromatic rings. The van der Waals surface area contributed by atoms with E-state index in [1.807, 2.05) is 6.92 Å². The fraction of sp³-hybridized carbons (Fsp3) is 0.167. The second-order valence-electron chi connectivity index (χ2n) is 7.49. The van der Waals surface area contributed by atoms with Gasteiger partial charge in [0.2, 0.25) is 5.91 Å². The van der Waals surface area contributed by atoms with Gasteiger partial charge in [0.25, 0.3) is 5.56 Å². The minimum Gasteiger partial charge on any atom is -0.497 e. The number of nitrogens with one attached hydrogen (secondary N) is 1. The van der Waals surface area contributed by atoms with Crippen LogP contribution < -0.4 is 21.3 Å². The number of aryl methyl sites for hydroxylation is 1. The smallest absolute Gasteiger partial charge is 0.332 e. The van der Waals surface area contributed by atoms with Crippen LogP contribution in [-0.2, 0) is 17.9 Å². The molecule has 2 heterocycles. The standard InChI is InChI=1S/C24H21ClN4O4/c1-15-5-8-17(12-19(15)25)27-21(30)14-28-20-4-3-11-26-22(20)23(31)29(24(28)32)13-16-6-9-18(33-2)10-7-16/h3-12H,13-14H2,1-2H3,(H,27,30). The van der Waals surface area contributed by atoms with E-state index < -0.39 is 17.2 Å². The van der Waals surface area contributed by atoms with Gasteiger partial charge in [0.1, 0.15) is 12.3 Å². The number of amides is 1. The number of carbonyl (C=O) groups is 1. The molecule has 0 fully saturated rings. The molecule has 0 spiro atoms. The molecule has 2 aromatic carbocycles. The van der Waals surface area contributed by atoms with Crippen LogP contribution in [0.4, 0.5) is 5.69 Å². The van der Waals surface area contributed by atoms with Crippen molar-refractivity contribution in [2.75, 3.05) is 12.4 Å². The zero-order valence-electron chi connectivity index (χ0n) is 18.0. The Balaban J connectivity index is 1.72. The molecule has 0 aliphatic rings. The van der Waals surface area contributed by atoms with Gasteiger partial charge >= 0.3 is 5.69 Å². The summed E-state index contributed by atoms with van der Waals surface area (Å²) >= 11 is 6.13. The van der Waals surface area contributed by atoms with Crippen LogP contribution in [-0.4, -0.2) is 27.1 Å². The van der Waals surface area contributed by atoms with E-state index in [4.69, 9.17) is 16.3 Å². The highest BCUT2D eigenvalue weighted by Crippen LogP contribution is 2.20. The number of fused-ring (bicyclic) bond motifs is 1. The monoisotopic (exact) mass is 464 g/mol. The summed E-state index contributed by atoms with van der Waals surface area (Å²) in [5.74, 6) is 0.230. The van der Waals surface area contributed by atoms with Crippen molar-refractivity contribution in [2.24, 2.45) is 0 Å². The number of benzene rings is 2. The second-order valence-corrected chi connectivity index (χ2v) is 7.90. The minimum absolute atomic E-state index is 0.0311. The normalized spacial score (nSPS) is 10.9. The predicted molar refractivity (Wildman–Crippen MR) is 127 cm³/mol. The lowest BCUT2D eigenvalue weighted by Crippen LogP contribution is -2.42. The molecular weight excluding hydrogens is 444 g/mol. The summed E-state index contributed by atoms with van der Waals surface area (Å²) in [6.07, 6.45) is 1.48. The molecule has 0 atom stereocenters. The molecule has 4 rings (SSSR count). The number of anilines is 1. The summed E-state index contributed by atoms with van der Waals surface area (Å²) in [4.78, 5) is 43.2. The first-order chi connectivity index (χ1) is 15.9. The van der Waals surface area contributed by atoms with Crippen molar-refractivity contribution in [1.29, 1.82) is 0 Å². The van der Waals surface area contributed by atoms with Crippen molar-refractivity contribution >= 4 is 34.2 Å². The average Bonchev–Trinajstić information content (AvgIpc) is 2.82. The van der Waals surface area contributed by atoms with Crippen molar-refractivity contribution in [1.82, 2.24) is 14.1 Å². The first kappa shape index (κ1) is 22.3. The third kappa shape index (κ3) is 4.65. The van der Waals surface area contributed by atoms with Crippen molar-refractivity contribution in [3.05, 3.63) is 97.8 Å². The Labute approximate surface area is 194 Å². The minimum atomic E-state index is -0.603. The first-order valence-electron chi connectivity index (χ1n) is 10.1. The molecule has 0 saturated carbocycles. The highest BCUT2D eigenvalue weighted by atomic mass is 35.5. The maximum absolute atomic E-state index is 13.3. The van der Waals surface area contributed by atoms with E-state index in [9.17, 15) is 14.4 Å². The van der Waals surface area contributed by atoms with Crippen LogP contribution in [0, 0.1) is 6.92 Å². The number of rotatable bonds is 6. The quantitative estimate of drug-likeness (QED) is 0.472. The Hall–Kier alpha value is -3.91. The van der Waals surface area contributed by atoms with Crippen LogP contribution in [0.25, 0.3) is 11.0 Å². The van der Waals surface area contributed by atoms with E-state index in [2.05, 4.69) is 10.3 Å². The van der Waals surface area contributed by atoms with Crippen LogP contribution in [0.5, 0.6) is 5.75 Å². The number of methoxy groups -OCH3 is 1. The van der Waals surface area contributed by atoms with Crippen molar-refractivity contribution < 1.29 is 9.53 Å². The van der Waals surface area contributed by atoms with Gasteiger partial charge in [-0.15, -0.1) is 0 Å². The van der Waals surface area contributed by atoms with Gasteiger partial charge in [0, 0.05) is 16.9 Å². The lowest BCUT2D eigenvalue weighted by atomic mass is 10.2. The van der Waals surface area contributed by atoms with E-state index in [0.29, 0.717) is 16.5 Å². The second kappa shape index (κ2) is 9.30. The molecule has 0 bridgehead atoms. The summed E-state index contributed by atoms with van der Waals surface area (Å²) in [7, 11) is 1.56. The number of carbonyl (C=O) groups excluding carboxylic acids is 1. The molecule has 0 saturated heterocycles. The van der Waals surface area contributed by atoms with E-state index in [1.165, 1.54) is 10.8 Å². The Morgan fingerprint density at radius 1 is 1.09 bits per heavy atom. The summed E-state index contributed by atoms with van der Waals surface area (Å²) < 4.78 is 7.48. The molecule has 2 aromatic heterocycles. The summed E-state index contributed by atoms with van der Waals surface area (Å²) in [6, 6.07) is 15.4. The molecule has 33 heavy (non-hydrogen) atoms. The number of aromatic nitrogens is 3. The number of nitrogens with zero attached hydrogens (tertiary/aromatic N) is 3. The largest absolute Gasteiger partial charge is 0.497 e. The fourth-order valence-electron chi connectivity index (χ4n) is 3.46. The van der Waals surface area contributed by atoms with E-state index >= 15 is 0 Å². The Bertz CT molecular complexity index is 1460. The van der Waals surface area contributed by atoms with E-state index in [1.54, 1.807) is 61.7 Å². The molecule has 0 aliphatic carbocycles. The van der Waals surface area contributed by atoms with Gasteiger partial charge in [-0.1, -0.05) is 29.8 Å². The SMILES string of the molecule is COc1ccc(Cn2c(=O)c3ncccc3n(CC(=O)Nc3ccc(C)c(Cl)c3)c2=O)cc1. The molecule has 0 unspecified atom stereocenters. The van der Waals surface area contributed by atoms with Crippen molar-refractivity contribution in [2.45, 2.75) is 20.0 Å². The number of halogens is 1. The molecule has 0 radical (unpaired) electrons. The zero-order chi connectivity index (χ0) is 23.5. The Morgan fingerprint density at radius 3 is 2.55 bits per heavy atom. The summed E-state index contributed by atoms with van der Waals surface area (Å²) in [5, 5.41) is 3.26. The predicted octanol–water partition coefficient (Wildman–Crippen LogP) is 3.22. The van der Waals surface area contributed by atoms with E-state index in [-0.39, 0.29) is 24.1 Å². The third-order valence-electron chi connectivity index (χ3n) is 5.24. The van der Waals surface area contributed by atoms with Crippen LogP contribution in [0.3, 0.4) is 0 Å². The fourth-order valence-corrected chi connectivity index (χ4v) is 3.64. The van der Waals surface area contributed by atoms with Crippen LogP contribution >= 0.6 is 11.6 Å². The number of pyridine rings is 1. The van der Waals surface area contributed by atoms with Gasteiger partial charge in [-0.3, -0.25) is 18.7 Å². The number of hydrogen-bond donors (Lipinski definition) is 1. The maximum Gasteiger partial charge on any atom is 0.332 e. The average molecular weight is 465 g/mol. The lowest BCUT2D eigenvalue weighted by molar-refractivity contribution is -0.116. The Kier molecular flexibility index (Phi) is 6.28. The molecule has 9 heteroatoms. The van der Waals surface area contributed by atoms with Gasteiger partial charge in [0.15, 0.2) is 5.52 Å². The topological polar surface area (TPSA) is 95.2 Å². The van der Waals surface area contributed by atoms with Crippen LogP contribution in [0.15, 0.2) is 70.4 Å². The lowest BCUT2D eigenvalue weighted by Gasteiger charge is -2.14. The van der Waals surface area contributed by atoms with Crippen molar-refractivity contribution in [3.63, 3.8) is 0 Å². The van der Waals surface area contributed by atoms with E-state index in [0.717, 1.165) is 15.7 Å². The molecule has 0 aliphatic heterocycles. The highest BCUT2D eigenvalue weighted by Gasteiger charge is 2.17. The van der Waals surface area contributed by atoms with Gasteiger partial charge in [-0.2, -0.15) is 0 Å². The zero-order valence-corrected chi connectivity index (χ0v) is 18.8. The first-order valence-corrected chi connectivity index (χ1v) is 10.5. The van der Waals surface area contributed by atoms with Crippen LogP contribution in [0.2, 0.25) is 5.02 Å². The van der Waals surface area contributed by atoms with Crippen LogP contribution in [0.1, 0.15) is 11.1 Å². The molecule has 1 N–H and O–H groups in total. The van der Waals surface area contributed by atoms with Gasteiger partial charge in [0.05, 0.1) is 19.2 Å². The van der Waals surface area contributed by atoms with Crippen molar-refractivity contribution in [3.8, 4) is 5.75 Å². The number of hydrogen-bond acceptors (Lipinski definition) is 5. The summed E-state index contributed by atoms with van der Waals surface area (Å²) in [6.45, 7) is 1.59.